The summed E-state index contributed by atoms with van der Waals surface area (Å²) in [4.78, 5) is 11.3. The average molecular weight is 259 g/mol. The van der Waals surface area contributed by atoms with Gasteiger partial charge in [0, 0.05) is 12.0 Å². The molecular weight excluding hydrogens is 238 g/mol. The molecule has 19 heavy (non-hydrogen) atoms. The number of fused-ring (bicyclic) bond motifs is 1. The SMILES string of the molecule is C1CCNCC1.C=CCC1OC(=O)c2ccccc21. The number of ether oxygens (including phenoxy) is 1. The molecule has 3 heteroatoms. The molecular formula is C16H21NO2. The molecule has 0 amide bonds. The Morgan fingerprint density at radius 1 is 1.26 bits per heavy atom. The van der Waals surface area contributed by atoms with Crippen LogP contribution in [0.1, 0.15) is 47.7 Å². The maximum atomic E-state index is 11.3. The summed E-state index contributed by atoms with van der Waals surface area (Å²) in [5.41, 5.74) is 1.67. The molecule has 1 aromatic rings. The standard InChI is InChI=1S/C11H10O2.C5H11N/c1-2-5-10-8-6-3-4-7-9(8)11(12)13-10;1-2-4-6-5-3-1/h2-4,6-7,10H,1,5H2;6H,1-5H2. The van der Waals surface area contributed by atoms with Crippen LogP contribution in [0.2, 0.25) is 0 Å². The molecule has 1 aromatic carbocycles. The maximum Gasteiger partial charge on any atom is 0.339 e. The topological polar surface area (TPSA) is 38.3 Å². The lowest BCUT2D eigenvalue weighted by Gasteiger charge is -2.08. The second-order valence-corrected chi connectivity index (χ2v) is 4.82. The third-order valence-corrected chi connectivity index (χ3v) is 3.36. The first kappa shape index (κ1) is 13.8. The van der Waals surface area contributed by atoms with Crippen LogP contribution >= 0.6 is 0 Å². The zero-order valence-corrected chi connectivity index (χ0v) is 11.2. The minimum absolute atomic E-state index is 0.124. The zero-order valence-electron chi connectivity index (χ0n) is 11.2. The summed E-state index contributed by atoms with van der Waals surface area (Å²) in [6.45, 7) is 6.13. The molecule has 1 N–H and O–H groups in total. The van der Waals surface area contributed by atoms with E-state index in [-0.39, 0.29) is 12.1 Å². The molecule has 1 unspecified atom stereocenters. The lowest BCUT2D eigenvalue weighted by atomic mass is 10.0. The van der Waals surface area contributed by atoms with Gasteiger partial charge in [0.15, 0.2) is 0 Å². The monoisotopic (exact) mass is 259 g/mol. The van der Waals surface area contributed by atoms with E-state index < -0.39 is 0 Å². The third-order valence-electron chi connectivity index (χ3n) is 3.36. The molecule has 0 radical (unpaired) electrons. The molecule has 3 rings (SSSR count). The van der Waals surface area contributed by atoms with Crippen molar-refractivity contribution >= 4 is 5.97 Å². The smallest absolute Gasteiger partial charge is 0.339 e. The molecule has 3 nitrogen and oxygen atoms in total. The number of carbonyl (C=O) groups is 1. The van der Waals surface area contributed by atoms with E-state index >= 15 is 0 Å². The lowest BCUT2D eigenvalue weighted by molar-refractivity contribution is 0.0392. The van der Waals surface area contributed by atoms with Gasteiger partial charge in [-0.3, -0.25) is 0 Å². The zero-order chi connectivity index (χ0) is 13.5. The molecule has 0 aliphatic carbocycles. The number of hydrogen-bond donors (Lipinski definition) is 1. The van der Waals surface area contributed by atoms with Crippen molar-refractivity contribution in [2.24, 2.45) is 0 Å². The average Bonchev–Trinajstić information content (AvgIpc) is 2.79. The van der Waals surface area contributed by atoms with Gasteiger partial charge in [0.2, 0.25) is 0 Å². The summed E-state index contributed by atoms with van der Waals surface area (Å²) in [6, 6.07) is 7.47. The number of rotatable bonds is 2. The molecule has 2 aliphatic heterocycles. The van der Waals surface area contributed by atoms with Crippen molar-refractivity contribution in [2.75, 3.05) is 13.1 Å². The number of carbonyl (C=O) groups excluding carboxylic acids is 1. The summed E-state index contributed by atoms with van der Waals surface area (Å²) in [5, 5.41) is 3.28. The Bertz CT molecular complexity index is 427. The highest BCUT2D eigenvalue weighted by Crippen LogP contribution is 2.32. The predicted molar refractivity (Wildman–Crippen MR) is 76.1 cm³/mol. The Morgan fingerprint density at radius 3 is 2.58 bits per heavy atom. The largest absolute Gasteiger partial charge is 0.454 e. The minimum atomic E-state index is -0.220. The Hall–Kier alpha value is -1.61. The molecule has 0 bridgehead atoms. The first-order valence-electron chi connectivity index (χ1n) is 6.94. The van der Waals surface area contributed by atoms with Crippen molar-refractivity contribution in [3.05, 3.63) is 48.0 Å². The number of esters is 1. The lowest BCUT2D eigenvalue weighted by Crippen LogP contribution is -2.21. The molecule has 0 aromatic heterocycles. The van der Waals surface area contributed by atoms with Crippen molar-refractivity contribution in [1.29, 1.82) is 0 Å². The minimum Gasteiger partial charge on any atom is -0.454 e. The Balaban J connectivity index is 0.000000186. The Morgan fingerprint density at radius 2 is 2.00 bits per heavy atom. The molecule has 0 spiro atoms. The number of benzene rings is 1. The highest BCUT2D eigenvalue weighted by molar-refractivity contribution is 5.93. The van der Waals surface area contributed by atoms with Crippen molar-refractivity contribution in [2.45, 2.75) is 31.8 Å². The van der Waals surface area contributed by atoms with E-state index in [1.165, 1.54) is 32.4 Å². The fraction of sp³-hybridized carbons (Fsp3) is 0.438. The Labute approximate surface area is 114 Å². The van der Waals surface area contributed by atoms with Gasteiger partial charge in [-0.05, 0) is 32.0 Å². The van der Waals surface area contributed by atoms with Gasteiger partial charge in [-0.2, -0.15) is 0 Å². The molecule has 2 heterocycles. The van der Waals surface area contributed by atoms with E-state index in [0.29, 0.717) is 12.0 Å². The first-order valence-corrected chi connectivity index (χ1v) is 6.94. The van der Waals surface area contributed by atoms with E-state index in [0.717, 1.165) is 5.56 Å². The van der Waals surface area contributed by atoms with Crippen molar-refractivity contribution in [3.8, 4) is 0 Å². The summed E-state index contributed by atoms with van der Waals surface area (Å²) in [7, 11) is 0. The number of piperidine rings is 1. The van der Waals surface area contributed by atoms with E-state index in [4.69, 9.17) is 4.74 Å². The summed E-state index contributed by atoms with van der Waals surface area (Å²) < 4.78 is 5.16. The highest BCUT2D eigenvalue weighted by Gasteiger charge is 2.28. The fourth-order valence-corrected chi connectivity index (χ4v) is 2.35. The van der Waals surface area contributed by atoms with E-state index in [9.17, 15) is 4.79 Å². The van der Waals surface area contributed by atoms with E-state index in [2.05, 4.69) is 11.9 Å². The summed E-state index contributed by atoms with van der Waals surface area (Å²) in [6.07, 6.45) is 6.54. The van der Waals surface area contributed by atoms with Crippen LogP contribution in [0.15, 0.2) is 36.9 Å². The predicted octanol–water partition coefficient (Wildman–Crippen LogP) is 3.23. The molecule has 0 saturated carbocycles. The van der Waals surface area contributed by atoms with Crippen LogP contribution in [0.4, 0.5) is 0 Å². The normalized spacial score (nSPS) is 20.8. The van der Waals surface area contributed by atoms with Crippen LogP contribution in [0.25, 0.3) is 0 Å². The van der Waals surface area contributed by atoms with Crippen LogP contribution in [0, 0.1) is 0 Å². The number of nitrogens with one attached hydrogen (secondary N) is 1. The van der Waals surface area contributed by atoms with Gasteiger partial charge in [0.25, 0.3) is 0 Å². The van der Waals surface area contributed by atoms with Crippen LogP contribution < -0.4 is 5.32 Å². The van der Waals surface area contributed by atoms with Gasteiger partial charge >= 0.3 is 5.97 Å². The van der Waals surface area contributed by atoms with Crippen molar-refractivity contribution in [1.82, 2.24) is 5.32 Å². The van der Waals surface area contributed by atoms with Gasteiger partial charge in [-0.25, -0.2) is 4.79 Å². The third kappa shape index (κ3) is 3.67. The number of cyclic esters (lactones) is 1. The highest BCUT2D eigenvalue weighted by atomic mass is 16.5. The van der Waals surface area contributed by atoms with Gasteiger partial charge in [-0.15, -0.1) is 6.58 Å². The van der Waals surface area contributed by atoms with Gasteiger partial charge in [0.05, 0.1) is 5.56 Å². The molecule has 1 saturated heterocycles. The van der Waals surface area contributed by atoms with E-state index in [1.807, 2.05) is 18.2 Å². The molecule has 1 atom stereocenters. The van der Waals surface area contributed by atoms with Gasteiger partial charge < -0.3 is 10.1 Å². The summed E-state index contributed by atoms with van der Waals surface area (Å²) >= 11 is 0. The first-order chi connectivity index (χ1) is 9.33. The van der Waals surface area contributed by atoms with Crippen LogP contribution in [0.3, 0.4) is 0 Å². The quantitative estimate of drug-likeness (QED) is 0.654. The fourth-order valence-electron chi connectivity index (χ4n) is 2.35. The van der Waals surface area contributed by atoms with Crippen LogP contribution in [0.5, 0.6) is 0 Å². The Kier molecular flexibility index (Phi) is 5.16. The molecule has 102 valence electrons. The maximum absolute atomic E-state index is 11.3. The second kappa shape index (κ2) is 7.10. The van der Waals surface area contributed by atoms with Crippen LogP contribution in [-0.2, 0) is 4.74 Å². The van der Waals surface area contributed by atoms with Crippen LogP contribution in [-0.4, -0.2) is 19.1 Å². The van der Waals surface area contributed by atoms with E-state index in [1.54, 1.807) is 12.1 Å². The van der Waals surface area contributed by atoms with Gasteiger partial charge in [0.1, 0.15) is 6.10 Å². The number of hydrogen-bond acceptors (Lipinski definition) is 3. The molecule has 1 fully saturated rings. The van der Waals surface area contributed by atoms with Crippen molar-refractivity contribution in [3.63, 3.8) is 0 Å². The molecule has 2 aliphatic rings. The summed E-state index contributed by atoms with van der Waals surface area (Å²) in [5.74, 6) is -0.220. The van der Waals surface area contributed by atoms with Gasteiger partial charge in [-0.1, -0.05) is 30.7 Å². The van der Waals surface area contributed by atoms with Crippen molar-refractivity contribution < 1.29 is 9.53 Å². The second-order valence-electron chi connectivity index (χ2n) is 4.82.